The molecule has 0 radical (unpaired) electrons. The lowest BCUT2D eigenvalue weighted by atomic mass is 9.72. The average molecular weight is 357 g/mol. The van der Waals surface area contributed by atoms with E-state index in [-0.39, 0.29) is 18.1 Å². The van der Waals surface area contributed by atoms with Crippen LogP contribution in [0.15, 0.2) is 60.7 Å². The van der Waals surface area contributed by atoms with E-state index < -0.39 is 0 Å². The van der Waals surface area contributed by atoms with Crippen LogP contribution in [-0.2, 0) is 4.79 Å². The number of aryl methyl sites for hydroxylation is 1. The molecule has 0 aromatic heterocycles. The van der Waals surface area contributed by atoms with Gasteiger partial charge in [-0.2, -0.15) is 0 Å². The molecule has 1 nitrogen and oxygen atoms in total. The fraction of sp³-hybridized carbons (Fsp3) is 0.348. The van der Waals surface area contributed by atoms with E-state index in [2.05, 4.69) is 45.8 Å². The molecule has 134 valence electrons. The first-order chi connectivity index (χ1) is 11.4. The molecular formula is C23H29ClO. The van der Waals surface area contributed by atoms with Crippen molar-refractivity contribution in [3.8, 4) is 11.8 Å². The van der Waals surface area contributed by atoms with Crippen molar-refractivity contribution < 1.29 is 4.79 Å². The largest absolute Gasteiger partial charge is 0.276 e. The summed E-state index contributed by atoms with van der Waals surface area (Å²) in [5, 5.41) is -0.334. The van der Waals surface area contributed by atoms with Crippen molar-refractivity contribution in [3.63, 3.8) is 0 Å². The first-order valence-electron chi connectivity index (χ1n) is 8.08. The highest BCUT2D eigenvalue weighted by Gasteiger charge is 2.30. The fourth-order valence-electron chi connectivity index (χ4n) is 2.80. The van der Waals surface area contributed by atoms with Crippen molar-refractivity contribution in [2.24, 2.45) is 5.41 Å². The molecule has 0 aliphatic heterocycles. The predicted molar refractivity (Wildman–Crippen MR) is 111 cm³/mol. The van der Waals surface area contributed by atoms with Crippen LogP contribution in [0.25, 0.3) is 0 Å². The molecule has 1 aliphatic rings. The van der Waals surface area contributed by atoms with Gasteiger partial charge in [0.05, 0.1) is 0 Å². The lowest BCUT2D eigenvalue weighted by molar-refractivity contribution is -0.108. The van der Waals surface area contributed by atoms with Gasteiger partial charge in [-0.25, -0.2) is 0 Å². The van der Waals surface area contributed by atoms with Gasteiger partial charge < -0.3 is 0 Å². The number of allylic oxidation sites excluding steroid dienone is 4. The van der Waals surface area contributed by atoms with E-state index in [1.165, 1.54) is 5.56 Å². The Morgan fingerprint density at radius 3 is 2.40 bits per heavy atom. The van der Waals surface area contributed by atoms with Crippen molar-refractivity contribution in [2.45, 2.75) is 47.5 Å². The van der Waals surface area contributed by atoms with Gasteiger partial charge in [-0.05, 0) is 73.1 Å². The molecule has 0 spiro atoms. The fourth-order valence-corrected chi connectivity index (χ4v) is 3.00. The summed E-state index contributed by atoms with van der Waals surface area (Å²) in [7, 11) is 0. The maximum atomic E-state index is 11.6. The van der Waals surface area contributed by atoms with Gasteiger partial charge in [-0.3, -0.25) is 4.79 Å². The van der Waals surface area contributed by atoms with Gasteiger partial charge in [0.25, 0.3) is 0 Å². The SMILES string of the molecule is C.C=C.Cc1ccc(C#C/C=C/C2=C(C(=O)Cl)CCCC2(C)C)cc1. The van der Waals surface area contributed by atoms with Crippen LogP contribution >= 0.6 is 11.6 Å². The Bertz CT molecular complexity index is 694. The van der Waals surface area contributed by atoms with E-state index >= 15 is 0 Å². The van der Waals surface area contributed by atoms with Crippen LogP contribution in [0.2, 0.25) is 0 Å². The highest BCUT2D eigenvalue weighted by atomic mass is 35.5. The third-order valence-electron chi connectivity index (χ3n) is 4.12. The molecule has 2 heteroatoms. The molecule has 25 heavy (non-hydrogen) atoms. The molecule has 0 fully saturated rings. The van der Waals surface area contributed by atoms with Crippen molar-refractivity contribution in [1.29, 1.82) is 0 Å². The van der Waals surface area contributed by atoms with E-state index in [4.69, 9.17) is 11.6 Å². The number of rotatable bonds is 2. The Morgan fingerprint density at radius 2 is 1.84 bits per heavy atom. The van der Waals surface area contributed by atoms with Crippen LogP contribution in [0.1, 0.15) is 51.7 Å². The molecule has 0 saturated carbocycles. The second-order valence-corrected chi connectivity index (χ2v) is 6.72. The number of hydrogen-bond acceptors (Lipinski definition) is 1. The molecule has 0 amide bonds. The number of hydrogen-bond donors (Lipinski definition) is 0. The van der Waals surface area contributed by atoms with Gasteiger partial charge in [-0.1, -0.05) is 50.8 Å². The smallest absolute Gasteiger partial charge is 0.248 e. The molecule has 0 unspecified atom stereocenters. The molecule has 0 atom stereocenters. The monoisotopic (exact) mass is 356 g/mol. The Morgan fingerprint density at radius 1 is 1.24 bits per heavy atom. The van der Waals surface area contributed by atoms with Crippen molar-refractivity contribution in [1.82, 2.24) is 0 Å². The molecule has 0 N–H and O–H groups in total. The van der Waals surface area contributed by atoms with Crippen LogP contribution in [0, 0.1) is 24.2 Å². The van der Waals surface area contributed by atoms with Crippen molar-refractivity contribution in [3.05, 3.63) is 71.8 Å². The second-order valence-electron chi connectivity index (χ2n) is 6.37. The van der Waals surface area contributed by atoms with Crippen LogP contribution in [-0.4, -0.2) is 5.24 Å². The second kappa shape index (κ2) is 10.7. The third kappa shape index (κ3) is 6.77. The normalized spacial score (nSPS) is 15.4. The number of carbonyl (C=O) groups excluding carboxylic acids is 1. The van der Waals surface area contributed by atoms with Gasteiger partial charge in [0.15, 0.2) is 0 Å². The number of carbonyl (C=O) groups is 1. The first-order valence-corrected chi connectivity index (χ1v) is 8.46. The number of benzene rings is 1. The molecule has 0 bridgehead atoms. The maximum absolute atomic E-state index is 11.6. The Hall–Kier alpha value is -2.04. The zero-order valence-corrected chi connectivity index (χ0v) is 15.5. The molecule has 2 rings (SSSR count). The molecule has 0 saturated heterocycles. The van der Waals surface area contributed by atoms with Crippen molar-refractivity contribution >= 4 is 16.8 Å². The van der Waals surface area contributed by atoms with Gasteiger partial charge in [-0.15, -0.1) is 13.2 Å². The van der Waals surface area contributed by atoms with E-state index in [1.807, 2.05) is 36.4 Å². The first kappa shape index (κ1) is 23.0. The maximum Gasteiger partial charge on any atom is 0.248 e. The molecule has 0 heterocycles. The van der Waals surface area contributed by atoms with Crippen LogP contribution in [0.3, 0.4) is 0 Å². The Labute approximate surface area is 158 Å². The zero-order chi connectivity index (χ0) is 18.2. The van der Waals surface area contributed by atoms with Gasteiger partial charge >= 0.3 is 0 Å². The summed E-state index contributed by atoms with van der Waals surface area (Å²) in [5.74, 6) is 6.15. The molecular weight excluding hydrogens is 328 g/mol. The van der Waals surface area contributed by atoms with E-state index in [0.29, 0.717) is 0 Å². The summed E-state index contributed by atoms with van der Waals surface area (Å²) in [5.41, 5.74) is 3.95. The summed E-state index contributed by atoms with van der Waals surface area (Å²) in [6, 6.07) is 8.11. The minimum absolute atomic E-state index is 0. The predicted octanol–water partition coefficient (Wildman–Crippen LogP) is 6.61. The van der Waals surface area contributed by atoms with Crippen LogP contribution in [0.4, 0.5) is 0 Å². The Balaban J connectivity index is 0.00000185. The molecule has 1 aliphatic carbocycles. The molecule has 1 aromatic rings. The van der Waals surface area contributed by atoms with Crippen molar-refractivity contribution in [2.75, 3.05) is 0 Å². The summed E-state index contributed by atoms with van der Waals surface area (Å²) >= 11 is 5.74. The van der Waals surface area contributed by atoms with E-state index in [0.717, 1.165) is 36.0 Å². The lowest BCUT2D eigenvalue weighted by Gasteiger charge is -2.32. The van der Waals surface area contributed by atoms with Crippen LogP contribution in [0.5, 0.6) is 0 Å². The minimum atomic E-state index is -0.334. The van der Waals surface area contributed by atoms with Crippen LogP contribution < -0.4 is 0 Å². The zero-order valence-electron chi connectivity index (χ0n) is 14.8. The quantitative estimate of drug-likeness (QED) is 0.331. The Kier molecular flexibility index (Phi) is 9.87. The summed E-state index contributed by atoms with van der Waals surface area (Å²) in [4.78, 5) is 11.6. The summed E-state index contributed by atoms with van der Waals surface area (Å²) < 4.78 is 0. The minimum Gasteiger partial charge on any atom is -0.276 e. The highest BCUT2D eigenvalue weighted by molar-refractivity contribution is 6.67. The van der Waals surface area contributed by atoms with E-state index in [9.17, 15) is 4.79 Å². The van der Waals surface area contributed by atoms with Gasteiger partial charge in [0, 0.05) is 11.1 Å². The van der Waals surface area contributed by atoms with Gasteiger partial charge in [0.2, 0.25) is 5.24 Å². The lowest BCUT2D eigenvalue weighted by Crippen LogP contribution is -2.21. The third-order valence-corrected chi connectivity index (χ3v) is 4.35. The topological polar surface area (TPSA) is 17.1 Å². The average Bonchev–Trinajstić information content (AvgIpc) is 2.55. The van der Waals surface area contributed by atoms with Gasteiger partial charge in [0.1, 0.15) is 0 Å². The molecule has 1 aromatic carbocycles. The standard InChI is InChI=1S/C20H21ClO.C2H4.CH4/c1-15-10-12-16(13-11-15)7-4-5-9-18-17(19(21)22)8-6-14-20(18,2)3;1-2;/h5,9-13H,6,8,14H2,1-3H3;1-2H2;1H4/b9-5+;;. The number of halogens is 1. The summed E-state index contributed by atoms with van der Waals surface area (Å²) in [6.07, 6.45) is 6.60. The highest BCUT2D eigenvalue weighted by Crippen LogP contribution is 2.41. The summed E-state index contributed by atoms with van der Waals surface area (Å²) in [6.45, 7) is 12.4. The van der Waals surface area contributed by atoms with E-state index in [1.54, 1.807) is 0 Å².